The quantitative estimate of drug-likeness (QED) is 0.0427. The maximum atomic E-state index is 12.6. The van der Waals surface area contributed by atoms with E-state index >= 15 is 0 Å². The number of carbonyl (C=O) groups excluding carboxylic acids is 9. The number of hydrogen-bond acceptors (Lipinski definition) is 19. The largest absolute Gasteiger partial charge is 0.474 e. The van der Waals surface area contributed by atoms with Crippen LogP contribution in [0.4, 0.5) is 0 Å². The Labute approximate surface area is 818 Å². The third kappa shape index (κ3) is 19.7. The Balaban J connectivity index is 0.000000144. The van der Waals surface area contributed by atoms with Gasteiger partial charge in [0.2, 0.25) is 0 Å². The molecule has 0 fully saturated rings. The zero-order chi connectivity index (χ0) is 102. The van der Waals surface area contributed by atoms with Crippen LogP contribution in [0.25, 0.3) is 138 Å². The SMILES string of the molecule is [C-]#[N+]C(C(=O)OC(C)C)=C1c2ccccc2-c2ccccc21.[C-]#[N+]C(C(=O)OC)=C1c2ccccc2C(=O)c2ccccc21.[C-]#[N+]C(C(=O)OC)=C1c2ccccc2Oc2ccccc21.[C-]#[N+]C(C(=O)OC)=C1c2ccccc2Sc2ccccc21.[C-]#[N+]C(C(=O)OC)=c1c2ccccc2c(=C([N+]#[C-])C(=O)OC)c2ccccc12.[C-]#[N+]C(C(=O)OC)=c1c2ccccc2c(=C([N+]#[C-])C(=O)OC)c2ccccc12. The number of benzene rings is 14. The van der Waals surface area contributed by atoms with Gasteiger partial charge in [0.05, 0.1) is 108 Å². The normalized spacial score (nSPS) is 11.1. The predicted octanol–water partition coefficient (Wildman–Crippen LogP) is 19.8. The van der Waals surface area contributed by atoms with Crippen LogP contribution in [0.5, 0.6) is 11.5 Å². The molecule has 0 amide bonds. The molecule has 0 aromatic heterocycles. The van der Waals surface area contributed by atoms with Gasteiger partial charge in [-0.25, -0.2) is 38.8 Å². The molecule has 2 heterocycles. The smallest absolute Gasteiger partial charge is 0.337 e. The van der Waals surface area contributed by atoms with E-state index in [-0.39, 0.29) is 57.5 Å². The van der Waals surface area contributed by atoms with Gasteiger partial charge in [-0.05, 0) is 126 Å². The van der Waals surface area contributed by atoms with E-state index in [2.05, 4.69) is 38.8 Å². The highest BCUT2D eigenvalue weighted by atomic mass is 32.2. The second-order valence-electron chi connectivity index (χ2n) is 30.5. The van der Waals surface area contributed by atoms with E-state index in [4.69, 9.17) is 95.2 Å². The summed E-state index contributed by atoms with van der Waals surface area (Å²) in [5, 5.41) is 6.17. The molecule has 0 bridgehead atoms. The van der Waals surface area contributed by atoms with Gasteiger partial charge in [-0.1, -0.05) is 279 Å². The first-order chi connectivity index (χ1) is 69.0. The molecule has 18 rings (SSSR count). The summed E-state index contributed by atoms with van der Waals surface area (Å²) in [5.74, 6) is -4.38. The molecule has 142 heavy (non-hydrogen) atoms. The van der Waals surface area contributed by atoms with Gasteiger partial charge in [0.25, 0.3) is 45.6 Å². The van der Waals surface area contributed by atoms with Crippen LogP contribution in [0.1, 0.15) is 74.3 Å². The second kappa shape index (κ2) is 45.4. The molecule has 0 saturated carbocycles. The van der Waals surface area contributed by atoms with E-state index < -0.39 is 47.8 Å². The monoisotopic (exact) mass is 1890 g/mol. The van der Waals surface area contributed by atoms with E-state index in [1.165, 1.54) is 49.8 Å². The highest BCUT2D eigenvalue weighted by Crippen LogP contribution is 2.50. The Morgan fingerprint density at radius 1 is 0.232 bits per heavy atom. The minimum absolute atomic E-state index is 0.0256. The minimum Gasteiger partial charge on any atom is -0.474 e. The Hall–Kier alpha value is -19.9. The molecule has 14 aromatic rings. The number of esters is 8. The first kappa shape index (κ1) is 99.5. The van der Waals surface area contributed by atoms with Crippen LogP contribution in [0.15, 0.2) is 324 Å². The number of methoxy groups -OCH3 is 7. The zero-order valence-electron chi connectivity index (χ0n) is 77.1. The minimum atomic E-state index is -0.750. The van der Waals surface area contributed by atoms with Crippen molar-refractivity contribution in [3.05, 3.63) is 482 Å². The Kier molecular flexibility index (Phi) is 31.8. The van der Waals surface area contributed by atoms with Crippen molar-refractivity contribution >= 4 is 153 Å². The average Bonchev–Trinajstić information content (AvgIpc) is 1.20. The number of carbonyl (C=O) groups is 9. The van der Waals surface area contributed by atoms with Crippen molar-refractivity contribution in [3.8, 4) is 22.6 Å². The van der Waals surface area contributed by atoms with Crippen LogP contribution in [-0.4, -0.2) is 109 Å². The lowest BCUT2D eigenvalue weighted by atomic mass is 9.80. The standard InChI is InChI=1S/2C22H14N2O4.C19H15NO2.C18H11NO3.C17H11NO3.C17H11NO2S/c2*1-23-19(21(25)27-3)17-13-9-5-7-11-15(13)18(20(24-2)22(26)28-4)16-12-8-6-10-14(16)17;1-12(2)22-19(21)18(20-3)17-15-10-6-4-8-13(15)14-9-5-7-11-16(14)17;1-19-16(18(21)22-2)15-11-7-3-5-9-13(11)17(20)14-10-6-4-8-12(14)15;2*1-18-16(17(19)20-2)15-11-7-3-5-9-13(11)21-14-10-6-4-8-12(14)15/h2*5-12H,3-4H3;4-12H,1-2H3;3-10H,2H3;2*3-10H,2H3. The average molecular weight is 1890 g/mol. The molecule has 26 nitrogen and oxygen atoms in total. The number of nitrogens with zero attached hydrogens (tertiary/aromatic N) is 8. The maximum Gasteiger partial charge on any atom is 0.337 e. The first-order valence-electron chi connectivity index (χ1n) is 42.8. The molecule has 0 N–H and O–H groups in total. The third-order valence-electron chi connectivity index (χ3n) is 22.5. The Morgan fingerprint density at radius 2 is 0.415 bits per heavy atom. The number of fused-ring (bicyclic) bond motifs is 13. The van der Waals surface area contributed by atoms with Crippen molar-refractivity contribution in [3.63, 3.8) is 0 Å². The number of para-hydroxylation sites is 2. The molecule has 0 radical (unpaired) electrons. The van der Waals surface area contributed by atoms with Crippen LogP contribution >= 0.6 is 11.8 Å². The van der Waals surface area contributed by atoms with Gasteiger partial charge >= 0.3 is 47.8 Å². The molecule has 4 aliphatic rings. The molecule has 0 spiro atoms. The van der Waals surface area contributed by atoms with Gasteiger partial charge in [0, 0.05) is 75.2 Å². The van der Waals surface area contributed by atoms with Crippen molar-refractivity contribution in [2.75, 3.05) is 49.8 Å². The van der Waals surface area contributed by atoms with Crippen molar-refractivity contribution < 1.29 is 85.8 Å². The number of ketones is 1. The second-order valence-corrected chi connectivity index (χ2v) is 31.5. The molecular formula is C115H76N8O18S. The van der Waals surface area contributed by atoms with E-state index in [0.717, 1.165) is 43.2 Å². The topological polar surface area (TPSA) is 272 Å². The molecule has 0 atom stereocenters. The summed E-state index contributed by atoms with van der Waals surface area (Å²) in [4.78, 5) is 139. The van der Waals surface area contributed by atoms with Crippen molar-refractivity contribution in [1.82, 2.24) is 0 Å². The molecule has 2 aliphatic carbocycles. The van der Waals surface area contributed by atoms with Crippen molar-refractivity contribution in [2.45, 2.75) is 29.7 Å². The van der Waals surface area contributed by atoms with Crippen LogP contribution < -0.4 is 25.6 Å². The third-order valence-corrected chi connectivity index (χ3v) is 23.6. The van der Waals surface area contributed by atoms with Crippen LogP contribution in [0.3, 0.4) is 0 Å². The lowest BCUT2D eigenvalue weighted by molar-refractivity contribution is -0.142. The van der Waals surface area contributed by atoms with Crippen molar-refractivity contribution in [2.24, 2.45) is 0 Å². The highest BCUT2D eigenvalue weighted by molar-refractivity contribution is 7.99. The molecule has 2 aliphatic heterocycles. The summed E-state index contributed by atoms with van der Waals surface area (Å²) in [6.07, 6.45) is -0.253. The summed E-state index contributed by atoms with van der Waals surface area (Å²) in [5.41, 5.74) is 10.9. The lowest BCUT2D eigenvalue weighted by Crippen LogP contribution is -2.22. The van der Waals surface area contributed by atoms with Crippen LogP contribution in [0.2, 0.25) is 0 Å². The number of rotatable bonds is 9. The van der Waals surface area contributed by atoms with Gasteiger partial charge in [-0.2, -0.15) is 0 Å². The van der Waals surface area contributed by atoms with Crippen molar-refractivity contribution in [1.29, 1.82) is 0 Å². The Bertz CT molecular complexity index is 7620. The van der Waals surface area contributed by atoms with Gasteiger partial charge < -0.3 is 42.6 Å². The van der Waals surface area contributed by atoms with E-state index in [0.29, 0.717) is 131 Å². The molecule has 27 heteroatoms. The van der Waals surface area contributed by atoms with E-state index in [1.807, 2.05) is 146 Å². The first-order valence-corrected chi connectivity index (χ1v) is 43.6. The number of ether oxygens (including phenoxy) is 9. The lowest BCUT2D eigenvalue weighted by Gasteiger charge is -2.23. The molecule has 14 aromatic carbocycles. The van der Waals surface area contributed by atoms with Gasteiger partial charge in [0.1, 0.15) is 11.5 Å². The molecule has 690 valence electrons. The fourth-order valence-electron chi connectivity index (χ4n) is 16.6. The van der Waals surface area contributed by atoms with E-state index in [9.17, 15) is 43.2 Å². The summed E-state index contributed by atoms with van der Waals surface area (Å²) in [6.45, 7) is 63.1. The van der Waals surface area contributed by atoms with Gasteiger partial charge in [-0.15, -0.1) is 0 Å². The summed E-state index contributed by atoms with van der Waals surface area (Å²) in [7, 11) is 8.67. The fourth-order valence-corrected chi connectivity index (χ4v) is 17.6. The van der Waals surface area contributed by atoms with Gasteiger partial charge in [0.15, 0.2) is 5.78 Å². The van der Waals surface area contributed by atoms with Gasteiger partial charge in [-0.3, -0.25) is 43.2 Å². The number of hydrogen-bond donors (Lipinski definition) is 0. The van der Waals surface area contributed by atoms with E-state index in [1.54, 1.807) is 171 Å². The summed E-state index contributed by atoms with van der Waals surface area (Å²) in [6, 6.07) is 87.9. The maximum absolute atomic E-state index is 12.6. The summed E-state index contributed by atoms with van der Waals surface area (Å²) < 4.78 is 44.5. The Morgan fingerprint density at radius 3 is 0.662 bits per heavy atom. The van der Waals surface area contributed by atoms with Crippen LogP contribution in [0, 0.1) is 52.6 Å². The fraction of sp³-hybridized carbons (Fsp3) is 0.0870. The summed E-state index contributed by atoms with van der Waals surface area (Å²) >= 11 is 1.64. The zero-order valence-corrected chi connectivity index (χ0v) is 77.9. The molecule has 0 unspecified atom stereocenters. The predicted molar refractivity (Wildman–Crippen MR) is 535 cm³/mol. The highest BCUT2D eigenvalue weighted by Gasteiger charge is 2.35. The van der Waals surface area contributed by atoms with Crippen LogP contribution in [-0.2, 0) is 76.3 Å². The molecule has 0 saturated heterocycles. The molecular weight excluding hydrogens is 1810 g/mol.